The van der Waals surface area contributed by atoms with Crippen LogP contribution in [0.1, 0.15) is 49.3 Å². The smallest absolute Gasteiger partial charge is 0.268 e. The second-order valence-corrected chi connectivity index (χ2v) is 4.71. The third kappa shape index (κ3) is 2.33. The van der Waals surface area contributed by atoms with Crippen molar-refractivity contribution in [1.82, 2.24) is 10.1 Å². The number of benzene rings is 1. The maximum atomic E-state index is 9.82. The largest absolute Gasteiger partial charge is 0.480 e. The molecule has 2 unspecified atom stereocenters. The molecule has 0 bridgehead atoms. The fraction of sp³-hybridized carbons (Fsp3) is 0.429. The topological polar surface area (TPSA) is 68.4 Å². The third-order valence-electron chi connectivity index (χ3n) is 3.24. The highest BCUT2D eigenvalue weighted by molar-refractivity contribution is 5.37. The number of ether oxygens (including phenoxy) is 1. The Bertz CT molecular complexity index is 542. The summed E-state index contributed by atoms with van der Waals surface area (Å²) < 4.78 is 11.0. The van der Waals surface area contributed by atoms with Crippen LogP contribution in [0.4, 0.5) is 0 Å². The Morgan fingerprint density at radius 1 is 1.42 bits per heavy atom. The quantitative estimate of drug-likeness (QED) is 0.915. The van der Waals surface area contributed by atoms with E-state index in [-0.39, 0.29) is 6.10 Å². The number of hydrogen-bond acceptors (Lipinski definition) is 5. The Labute approximate surface area is 111 Å². The predicted molar refractivity (Wildman–Crippen MR) is 67.7 cm³/mol. The minimum absolute atomic E-state index is 0.243. The van der Waals surface area contributed by atoms with E-state index >= 15 is 0 Å². The number of nitrogens with zero attached hydrogens (tertiary/aromatic N) is 2. The van der Waals surface area contributed by atoms with Gasteiger partial charge in [0.05, 0.1) is 0 Å². The van der Waals surface area contributed by atoms with Crippen molar-refractivity contribution in [2.45, 2.75) is 38.4 Å². The summed E-state index contributed by atoms with van der Waals surface area (Å²) in [5.41, 5.74) is 1.14. The van der Waals surface area contributed by atoms with Crippen molar-refractivity contribution in [3.8, 4) is 5.75 Å². The molecule has 1 aromatic carbocycles. The van der Waals surface area contributed by atoms with Crippen molar-refractivity contribution in [2.24, 2.45) is 0 Å². The summed E-state index contributed by atoms with van der Waals surface area (Å²) in [7, 11) is 0. The summed E-state index contributed by atoms with van der Waals surface area (Å²) in [6, 6.07) is 7.87. The van der Waals surface area contributed by atoms with Gasteiger partial charge in [-0.15, -0.1) is 0 Å². The minimum Gasteiger partial charge on any atom is -0.480 e. The van der Waals surface area contributed by atoms with Gasteiger partial charge in [-0.1, -0.05) is 36.7 Å². The lowest BCUT2D eigenvalue weighted by molar-refractivity contribution is 0.152. The van der Waals surface area contributed by atoms with E-state index in [4.69, 9.17) is 9.26 Å². The van der Waals surface area contributed by atoms with E-state index in [0.29, 0.717) is 18.1 Å². The van der Waals surface area contributed by atoms with Crippen molar-refractivity contribution >= 4 is 0 Å². The van der Waals surface area contributed by atoms with Crippen molar-refractivity contribution in [3.05, 3.63) is 41.5 Å². The van der Waals surface area contributed by atoms with E-state index in [1.807, 2.05) is 31.2 Å². The maximum Gasteiger partial charge on any atom is 0.268 e. The zero-order chi connectivity index (χ0) is 13.2. The molecule has 2 aromatic rings. The number of hydrogen-bond donors (Lipinski definition) is 1. The Hall–Kier alpha value is -1.88. The highest BCUT2D eigenvalue weighted by Crippen LogP contribution is 2.35. The highest BCUT2D eigenvalue weighted by Gasteiger charge is 2.29. The van der Waals surface area contributed by atoms with Crippen LogP contribution in [-0.4, -0.2) is 15.2 Å². The van der Waals surface area contributed by atoms with Gasteiger partial charge in [0.25, 0.3) is 5.89 Å². The number of fused-ring (bicyclic) bond motifs is 1. The number of aliphatic hydroxyl groups excluding tert-OH is 1. The van der Waals surface area contributed by atoms with Gasteiger partial charge in [-0.3, -0.25) is 0 Å². The summed E-state index contributed by atoms with van der Waals surface area (Å²) in [6.07, 6.45) is 1.32. The number of aromatic nitrogens is 2. The van der Waals surface area contributed by atoms with E-state index in [1.54, 1.807) is 0 Å². The average molecular weight is 260 g/mol. The first-order valence-corrected chi connectivity index (χ1v) is 6.54. The van der Waals surface area contributed by atoms with Crippen molar-refractivity contribution in [2.75, 3.05) is 0 Å². The van der Waals surface area contributed by atoms with Gasteiger partial charge in [-0.05, 0) is 18.1 Å². The molecule has 19 heavy (non-hydrogen) atoms. The molecular weight excluding hydrogens is 244 g/mol. The van der Waals surface area contributed by atoms with Crippen LogP contribution in [0.15, 0.2) is 28.8 Å². The molecule has 0 spiro atoms. The average Bonchev–Trinajstić information content (AvgIpc) is 3.05. The Kier molecular flexibility index (Phi) is 3.21. The third-order valence-corrected chi connectivity index (χ3v) is 3.24. The molecular formula is C14H16N2O3. The molecule has 0 saturated carbocycles. The van der Waals surface area contributed by atoms with Crippen LogP contribution in [0.25, 0.3) is 0 Å². The molecule has 1 N–H and O–H groups in total. The van der Waals surface area contributed by atoms with E-state index < -0.39 is 6.10 Å². The Morgan fingerprint density at radius 3 is 3.05 bits per heavy atom. The van der Waals surface area contributed by atoms with Crippen molar-refractivity contribution in [3.63, 3.8) is 0 Å². The van der Waals surface area contributed by atoms with Crippen LogP contribution in [0, 0.1) is 0 Å². The molecule has 2 atom stereocenters. The lowest BCUT2D eigenvalue weighted by Crippen LogP contribution is -2.05. The van der Waals surface area contributed by atoms with Crippen LogP contribution in [-0.2, 0) is 6.42 Å². The summed E-state index contributed by atoms with van der Waals surface area (Å²) in [4.78, 5) is 4.24. The van der Waals surface area contributed by atoms with Gasteiger partial charge >= 0.3 is 0 Å². The predicted octanol–water partition coefficient (Wildman–Crippen LogP) is 2.58. The molecule has 100 valence electrons. The monoisotopic (exact) mass is 260 g/mol. The van der Waals surface area contributed by atoms with Crippen LogP contribution in [0.3, 0.4) is 0 Å². The summed E-state index contributed by atoms with van der Waals surface area (Å²) in [5.74, 6) is 1.64. The first-order chi connectivity index (χ1) is 9.28. The summed E-state index contributed by atoms with van der Waals surface area (Å²) in [6.45, 7) is 2.00. The second kappa shape index (κ2) is 5.01. The van der Waals surface area contributed by atoms with Gasteiger partial charge in [-0.25, -0.2) is 0 Å². The second-order valence-electron chi connectivity index (χ2n) is 4.71. The number of aliphatic hydroxyl groups is 1. The molecule has 0 amide bonds. The van der Waals surface area contributed by atoms with E-state index in [0.717, 1.165) is 24.2 Å². The fourth-order valence-electron chi connectivity index (χ4n) is 2.24. The van der Waals surface area contributed by atoms with Crippen molar-refractivity contribution in [1.29, 1.82) is 0 Å². The van der Waals surface area contributed by atoms with Crippen molar-refractivity contribution < 1.29 is 14.4 Å². The molecule has 1 aliphatic heterocycles. The molecule has 0 saturated heterocycles. The number of para-hydroxylation sites is 1. The summed E-state index contributed by atoms with van der Waals surface area (Å²) >= 11 is 0. The van der Waals surface area contributed by atoms with Crippen LogP contribution in [0.2, 0.25) is 0 Å². The molecule has 1 aromatic heterocycles. The zero-order valence-electron chi connectivity index (χ0n) is 10.7. The van der Waals surface area contributed by atoms with Gasteiger partial charge in [0, 0.05) is 6.42 Å². The molecule has 0 aliphatic carbocycles. The molecule has 5 nitrogen and oxygen atoms in total. The SMILES string of the molecule is CCCC(O)c1noc(C2Cc3ccccc3O2)n1. The number of rotatable bonds is 4. The van der Waals surface area contributed by atoms with Crippen LogP contribution >= 0.6 is 0 Å². The first-order valence-electron chi connectivity index (χ1n) is 6.54. The molecule has 1 aliphatic rings. The van der Waals surface area contributed by atoms with E-state index in [2.05, 4.69) is 10.1 Å². The van der Waals surface area contributed by atoms with Gasteiger partial charge in [-0.2, -0.15) is 4.98 Å². The molecule has 0 fully saturated rings. The Balaban J connectivity index is 1.75. The highest BCUT2D eigenvalue weighted by atomic mass is 16.5. The standard InChI is InChI=1S/C14H16N2O3/c1-2-5-10(17)13-15-14(19-16-13)12-8-9-6-3-4-7-11(9)18-12/h3-4,6-7,10,12,17H,2,5,8H2,1H3. The van der Waals surface area contributed by atoms with Gasteiger partial charge < -0.3 is 14.4 Å². The molecule has 2 heterocycles. The maximum absolute atomic E-state index is 9.82. The Morgan fingerprint density at radius 2 is 2.26 bits per heavy atom. The van der Waals surface area contributed by atoms with Gasteiger partial charge in [0.2, 0.25) is 0 Å². The summed E-state index contributed by atoms with van der Waals surface area (Å²) in [5, 5.41) is 13.7. The lowest BCUT2D eigenvalue weighted by atomic mass is 10.1. The molecule has 3 rings (SSSR count). The first kappa shape index (κ1) is 12.2. The van der Waals surface area contributed by atoms with Gasteiger partial charge in [0.1, 0.15) is 11.9 Å². The minimum atomic E-state index is -0.661. The zero-order valence-corrected chi connectivity index (χ0v) is 10.7. The fourth-order valence-corrected chi connectivity index (χ4v) is 2.24. The normalized spacial score (nSPS) is 18.9. The van der Waals surface area contributed by atoms with E-state index in [9.17, 15) is 5.11 Å². The lowest BCUT2D eigenvalue weighted by Gasteiger charge is -2.04. The van der Waals surface area contributed by atoms with Gasteiger partial charge in [0.15, 0.2) is 11.9 Å². The molecule has 0 radical (unpaired) electrons. The van der Waals surface area contributed by atoms with E-state index in [1.165, 1.54) is 0 Å². The molecule has 5 heteroatoms. The van der Waals surface area contributed by atoms with Crippen LogP contribution < -0.4 is 4.74 Å². The van der Waals surface area contributed by atoms with Crippen LogP contribution in [0.5, 0.6) is 5.75 Å².